The highest BCUT2D eigenvalue weighted by molar-refractivity contribution is 5.72. The van der Waals surface area contributed by atoms with Gasteiger partial charge < -0.3 is 14.2 Å². The minimum Gasteiger partial charge on any atom is -0.469 e. The summed E-state index contributed by atoms with van der Waals surface area (Å²) >= 11 is 0. The molecule has 0 fully saturated rings. The summed E-state index contributed by atoms with van der Waals surface area (Å²) in [7, 11) is 2.69. The van der Waals surface area contributed by atoms with Crippen molar-refractivity contribution >= 4 is 17.9 Å². The number of methoxy groups -OCH3 is 2. The van der Waals surface area contributed by atoms with Gasteiger partial charge in [-0.25, -0.2) is 0 Å². The third-order valence-corrected chi connectivity index (χ3v) is 4.42. The number of ether oxygens (including phenoxy) is 3. The SMILES string of the molecule is COC(=O)Cc1cc(C)[nH]n1.COC(=O)Cc1cc(C)n(CC(=O)OCc2ccccc2)n1. The van der Waals surface area contributed by atoms with Gasteiger partial charge >= 0.3 is 17.9 Å². The Morgan fingerprint density at radius 2 is 1.55 bits per heavy atom. The minimum atomic E-state index is -0.375. The third kappa shape index (κ3) is 8.98. The average molecular weight is 456 g/mol. The van der Waals surface area contributed by atoms with E-state index in [0.717, 1.165) is 17.0 Å². The molecule has 3 rings (SSSR count). The third-order valence-electron chi connectivity index (χ3n) is 4.42. The van der Waals surface area contributed by atoms with Crippen LogP contribution in [0.1, 0.15) is 28.3 Å². The van der Waals surface area contributed by atoms with Crippen LogP contribution >= 0.6 is 0 Å². The smallest absolute Gasteiger partial charge is 0.328 e. The first-order chi connectivity index (χ1) is 15.8. The predicted molar refractivity (Wildman–Crippen MR) is 118 cm³/mol. The molecule has 10 nitrogen and oxygen atoms in total. The molecule has 0 saturated carbocycles. The fraction of sp³-hybridized carbons (Fsp3) is 0.348. The van der Waals surface area contributed by atoms with Crippen LogP contribution in [0.2, 0.25) is 0 Å². The fourth-order valence-electron chi connectivity index (χ4n) is 2.74. The lowest BCUT2D eigenvalue weighted by Gasteiger charge is -2.06. The number of aromatic amines is 1. The quantitative estimate of drug-likeness (QED) is 0.403. The Morgan fingerprint density at radius 1 is 0.909 bits per heavy atom. The van der Waals surface area contributed by atoms with Gasteiger partial charge in [-0.3, -0.25) is 24.2 Å². The predicted octanol–water partition coefficient (Wildman–Crippen LogP) is 2.08. The summed E-state index contributed by atoms with van der Waals surface area (Å²) in [6.07, 6.45) is 0.324. The maximum Gasteiger partial charge on any atom is 0.328 e. The zero-order valence-electron chi connectivity index (χ0n) is 19.2. The van der Waals surface area contributed by atoms with E-state index in [1.165, 1.54) is 18.9 Å². The van der Waals surface area contributed by atoms with Gasteiger partial charge in [-0.2, -0.15) is 10.2 Å². The molecule has 0 radical (unpaired) electrons. The lowest BCUT2D eigenvalue weighted by atomic mass is 10.2. The van der Waals surface area contributed by atoms with Crippen LogP contribution in [-0.2, 0) is 54.6 Å². The van der Waals surface area contributed by atoms with E-state index in [4.69, 9.17) is 4.74 Å². The number of rotatable bonds is 8. The second-order valence-corrected chi connectivity index (χ2v) is 7.13. The van der Waals surface area contributed by atoms with Gasteiger partial charge in [0.1, 0.15) is 13.2 Å². The van der Waals surface area contributed by atoms with E-state index in [9.17, 15) is 14.4 Å². The Balaban J connectivity index is 0.000000294. The number of nitrogens with one attached hydrogen (secondary N) is 1. The van der Waals surface area contributed by atoms with Crippen LogP contribution in [-0.4, -0.2) is 52.1 Å². The standard InChI is InChI=1S/C16H18N2O4.C7H10N2O2/c1-12-8-14(9-15(19)21-2)17-18(12)10-16(20)22-11-13-6-4-3-5-7-13;1-5-3-6(9-8-5)4-7(10)11-2/h3-8H,9-11H2,1-2H3;3H,4H2,1-2H3,(H,8,9). The summed E-state index contributed by atoms with van der Waals surface area (Å²) in [4.78, 5) is 33.8. The number of benzene rings is 1. The molecule has 3 aromatic rings. The number of aryl methyl sites for hydroxylation is 2. The number of carbonyl (C=O) groups excluding carboxylic acids is 3. The molecule has 0 atom stereocenters. The van der Waals surface area contributed by atoms with Crippen LogP contribution in [0.4, 0.5) is 0 Å². The van der Waals surface area contributed by atoms with Gasteiger partial charge in [-0.05, 0) is 31.5 Å². The van der Waals surface area contributed by atoms with Crippen molar-refractivity contribution in [3.63, 3.8) is 0 Å². The van der Waals surface area contributed by atoms with Gasteiger partial charge in [0.15, 0.2) is 0 Å². The largest absolute Gasteiger partial charge is 0.469 e. The Hall–Kier alpha value is -3.95. The summed E-state index contributed by atoms with van der Waals surface area (Å²) in [5, 5.41) is 10.8. The van der Waals surface area contributed by atoms with Crippen LogP contribution in [0, 0.1) is 13.8 Å². The molecule has 0 aliphatic rings. The average Bonchev–Trinajstić information content (AvgIpc) is 3.37. The van der Waals surface area contributed by atoms with Crippen molar-refractivity contribution in [2.45, 2.75) is 39.8 Å². The molecule has 0 unspecified atom stereocenters. The van der Waals surface area contributed by atoms with Crippen molar-refractivity contribution in [3.05, 3.63) is 70.8 Å². The second kappa shape index (κ2) is 12.8. The van der Waals surface area contributed by atoms with Gasteiger partial charge in [-0.15, -0.1) is 0 Å². The van der Waals surface area contributed by atoms with Crippen LogP contribution in [0.25, 0.3) is 0 Å². The first-order valence-electron chi connectivity index (χ1n) is 10.2. The highest BCUT2D eigenvalue weighted by atomic mass is 16.5. The zero-order chi connectivity index (χ0) is 24.2. The molecule has 2 aromatic heterocycles. The first kappa shape index (κ1) is 25.3. The second-order valence-electron chi connectivity index (χ2n) is 7.13. The minimum absolute atomic E-state index is 0.0137. The number of hydrogen-bond donors (Lipinski definition) is 1. The molecule has 0 bridgehead atoms. The van der Waals surface area contributed by atoms with Crippen molar-refractivity contribution in [2.24, 2.45) is 0 Å². The molecule has 2 heterocycles. The molecule has 33 heavy (non-hydrogen) atoms. The summed E-state index contributed by atoms with van der Waals surface area (Å²) < 4.78 is 15.8. The summed E-state index contributed by atoms with van der Waals surface area (Å²) in [5.41, 5.74) is 3.95. The number of hydrogen-bond acceptors (Lipinski definition) is 8. The van der Waals surface area contributed by atoms with E-state index in [1.807, 2.05) is 50.2 Å². The van der Waals surface area contributed by atoms with E-state index in [-0.39, 0.29) is 43.9 Å². The number of H-pyrrole nitrogens is 1. The van der Waals surface area contributed by atoms with Crippen molar-refractivity contribution in [1.82, 2.24) is 20.0 Å². The summed E-state index contributed by atoms with van der Waals surface area (Å²) in [5.74, 6) is -1.01. The Kier molecular flexibility index (Phi) is 9.81. The van der Waals surface area contributed by atoms with E-state index in [0.29, 0.717) is 11.4 Å². The zero-order valence-corrected chi connectivity index (χ0v) is 19.2. The van der Waals surface area contributed by atoms with Crippen molar-refractivity contribution < 1.29 is 28.6 Å². The van der Waals surface area contributed by atoms with E-state index < -0.39 is 0 Å². The van der Waals surface area contributed by atoms with E-state index in [2.05, 4.69) is 24.8 Å². The molecule has 1 N–H and O–H groups in total. The Labute approximate surface area is 191 Å². The molecule has 176 valence electrons. The van der Waals surface area contributed by atoms with Crippen molar-refractivity contribution in [1.29, 1.82) is 0 Å². The number of esters is 3. The first-order valence-corrected chi connectivity index (χ1v) is 10.2. The molecular formula is C23H28N4O6. The molecule has 0 spiro atoms. The Morgan fingerprint density at radius 3 is 2.12 bits per heavy atom. The van der Waals surface area contributed by atoms with Gasteiger partial charge in [0, 0.05) is 11.4 Å². The molecule has 0 amide bonds. The van der Waals surface area contributed by atoms with Crippen LogP contribution in [0.3, 0.4) is 0 Å². The normalized spacial score (nSPS) is 10.1. The van der Waals surface area contributed by atoms with Crippen LogP contribution in [0.15, 0.2) is 42.5 Å². The molecule has 0 aliphatic heterocycles. The topological polar surface area (TPSA) is 125 Å². The van der Waals surface area contributed by atoms with E-state index >= 15 is 0 Å². The van der Waals surface area contributed by atoms with Gasteiger partial charge in [-0.1, -0.05) is 30.3 Å². The van der Waals surface area contributed by atoms with E-state index in [1.54, 1.807) is 6.07 Å². The van der Waals surface area contributed by atoms with Gasteiger partial charge in [0.25, 0.3) is 0 Å². The maximum atomic E-state index is 11.9. The monoisotopic (exact) mass is 456 g/mol. The lowest BCUT2D eigenvalue weighted by Crippen LogP contribution is -2.16. The highest BCUT2D eigenvalue weighted by Crippen LogP contribution is 2.06. The molecule has 0 aliphatic carbocycles. The van der Waals surface area contributed by atoms with Crippen LogP contribution in [0.5, 0.6) is 0 Å². The summed E-state index contributed by atoms with van der Waals surface area (Å²) in [6.45, 7) is 3.95. The molecular weight excluding hydrogens is 428 g/mol. The number of carbonyl (C=O) groups is 3. The summed E-state index contributed by atoms with van der Waals surface area (Å²) in [6, 6.07) is 13.0. The molecule has 1 aromatic carbocycles. The van der Waals surface area contributed by atoms with Gasteiger partial charge in [0.05, 0.1) is 38.4 Å². The lowest BCUT2D eigenvalue weighted by molar-refractivity contribution is -0.146. The highest BCUT2D eigenvalue weighted by Gasteiger charge is 2.12. The Bertz CT molecular complexity index is 1060. The molecule has 10 heteroatoms. The number of nitrogens with zero attached hydrogens (tertiary/aromatic N) is 3. The number of aromatic nitrogens is 4. The molecule has 0 saturated heterocycles. The maximum absolute atomic E-state index is 11.9. The van der Waals surface area contributed by atoms with Gasteiger partial charge in [0.2, 0.25) is 0 Å². The van der Waals surface area contributed by atoms with Crippen molar-refractivity contribution in [3.8, 4) is 0 Å². The van der Waals surface area contributed by atoms with Crippen LogP contribution < -0.4 is 0 Å². The van der Waals surface area contributed by atoms with Crippen molar-refractivity contribution in [2.75, 3.05) is 14.2 Å². The fourth-order valence-corrected chi connectivity index (χ4v) is 2.74.